The summed E-state index contributed by atoms with van der Waals surface area (Å²) < 4.78 is 4.81. The SMILES string of the molecule is Cc1oncc1/C(O)=C(\C#N)C(=O)Nc1ncc(C(=O)Nc2ccccc2)cn1. The maximum Gasteiger partial charge on any atom is 0.272 e. The number of amides is 2. The third-order valence-corrected chi connectivity index (χ3v) is 3.75. The van der Waals surface area contributed by atoms with Crippen molar-refractivity contribution in [3.63, 3.8) is 0 Å². The number of aromatic nitrogens is 3. The average Bonchev–Trinajstić information content (AvgIpc) is 3.15. The zero-order chi connectivity index (χ0) is 20.8. The lowest BCUT2D eigenvalue weighted by molar-refractivity contribution is -0.112. The molecular formula is C19H14N6O4. The van der Waals surface area contributed by atoms with Crippen LogP contribution in [0.25, 0.3) is 5.76 Å². The lowest BCUT2D eigenvalue weighted by Gasteiger charge is -2.06. The Bertz CT molecular complexity index is 1110. The van der Waals surface area contributed by atoms with E-state index in [1.165, 1.54) is 25.5 Å². The van der Waals surface area contributed by atoms with E-state index in [-0.39, 0.29) is 22.8 Å². The molecular weight excluding hydrogens is 376 g/mol. The third kappa shape index (κ3) is 4.42. The minimum atomic E-state index is -0.924. The number of anilines is 2. The zero-order valence-corrected chi connectivity index (χ0v) is 15.1. The highest BCUT2D eigenvalue weighted by Gasteiger charge is 2.20. The molecule has 144 valence electrons. The van der Waals surface area contributed by atoms with E-state index in [0.717, 1.165) is 0 Å². The van der Waals surface area contributed by atoms with Crippen LogP contribution in [-0.4, -0.2) is 32.0 Å². The average molecular weight is 390 g/mol. The van der Waals surface area contributed by atoms with Crippen LogP contribution in [0.2, 0.25) is 0 Å². The molecule has 2 amide bonds. The van der Waals surface area contributed by atoms with Gasteiger partial charge in [0.2, 0.25) is 5.95 Å². The minimum absolute atomic E-state index is 0.116. The Kier molecular flexibility index (Phi) is 5.61. The maximum atomic E-state index is 12.3. The van der Waals surface area contributed by atoms with Crippen molar-refractivity contribution < 1.29 is 19.2 Å². The zero-order valence-electron chi connectivity index (χ0n) is 15.1. The van der Waals surface area contributed by atoms with Gasteiger partial charge in [-0.25, -0.2) is 9.97 Å². The largest absolute Gasteiger partial charge is 0.506 e. The molecule has 0 unspecified atom stereocenters. The van der Waals surface area contributed by atoms with Crippen LogP contribution < -0.4 is 10.6 Å². The van der Waals surface area contributed by atoms with Crippen molar-refractivity contribution >= 4 is 29.2 Å². The summed E-state index contributed by atoms with van der Waals surface area (Å²) >= 11 is 0. The van der Waals surface area contributed by atoms with Gasteiger partial charge in [-0.15, -0.1) is 0 Å². The first kappa shape index (κ1) is 19.2. The Morgan fingerprint density at radius 2 is 1.79 bits per heavy atom. The summed E-state index contributed by atoms with van der Waals surface area (Å²) in [5.41, 5.74) is 0.334. The number of aryl methyl sites for hydroxylation is 1. The highest BCUT2D eigenvalue weighted by Crippen LogP contribution is 2.20. The molecule has 0 saturated carbocycles. The molecule has 0 bridgehead atoms. The highest BCUT2D eigenvalue weighted by atomic mass is 16.5. The summed E-state index contributed by atoms with van der Waals surface area (Å²) in [5.74, 6) is -1.83. The molecule has 0 radical (unpaired) electrons. The van der Waals surface area contributed by atoms with Gasteiger partial charge in [0.25, 0.3) is 11.8 Å². The molecule has 0 aliphatic rings. The molecule has 3 rings (SSSR count). The lowest BCUT2D eigenvalue weighted by atomic mass is 10.1. The number of aliphatic hydroxyl groups excluding tert-OH is 1. The van der Waals surface area contributed by atoms with E-state index < -0.39 is 23.1 Å². The van der Waals surface area contributed by atoms with Crippen molar-refractivity contribution in [1.29, 1.82) is 5.26 Å². The van der Waals surface area contributed by atoms with Gasteiger partial charge in [0.1, 0.15) is 11.8 Å². The van der Waals surface area contributed by atoms with E-state index in [2.05, 4.69) is 25.8 Å². The molecule has 0 saturated heterocycles. The van der Waals surface area contributed by atoms with Gasteiger partial charge in [0.15, 0.2) is 11.3 Å². The normalized spacial score (nSPS) is 11.2. The number of para-hydroxylation sites is 1. The van der Waals surface area contributed by atoms with Crippen LogP contribution in [-0.2, 0) is 4.79 Å². The standard InChI is InChI=1S/C19H14N6O4/c1-11-15(10-23-29-11)16(26)14(7-20)18(28)25-19-21-8-12(9-22-19)17(27)24-13-5-3-2-4-6-13/h2-6,8-10,26H,1H3,(H,24,27)(H,21,22,25,28)/b16-14-. The van der Waals surface area contributed by atoms with Crippen molar-refractivity contribution in [2.45, 2.75) is 6.92 Å². The number of nitriles is 1. The molecule has 10 nitrogen and oxygen atoms in total. The predicted molar refractivity (Wildman–Crippen MR) is 101 cm³/mol. The first-order valence-electron chi connectivity index (χ1n) is 8.24. The maximum absolute atomic E-state index is 12.3. The molecule has 10 heteroatoms. The summed E-state index contributed by atoms with van der Waals surface area (Å²) in [6.45, 7) is 1.52. The van der Waals surface area contributed by atoms with Gasteiger partial charge in [-0.05, 0) is 19.1 Å². The van der Waals surface area contributed by atoms with Crippen LogP contribution in [0, 0.1) is 18.3 Å². The van der Waals surface area contributed by atoms with Gasteiger partial charge in [0, 0.05) is 18.1 Å². The second-order valence-electron chi connectivity index (χ2n) is 5.70. The van der Waals surface area contributed by atoms with Gasteiger partial charge in [0.05, 0.1) is 17.3 Å². The number of hydrogen-bond donors (Lipinski definition) is 3. The predicted octanol–water partition coefficient (Wildman–Crippen LogP) is 2.46. The van der Waals surface area contributed by atoms with Crippen LogP contribution >= 0.6 is 0 Å². The van der Waals surface area contributed by atoms with Crippen molar-refractivity contribution in [1.82, 2.24) is 15.1 Å². The van der Waals surface area contributed by atoms with Crippen LogP contribution in [0.3, 0.4) is 0 Å². The fourth-order valence-electron chi connectivity index (χ4n) is 2.27. The van der Waals surface area contributed by atoms with Crippen molar-refractivity contribution in [3.8, 4) is 6.07 Å². The Hall–Kier alpha value is -4.52. The molecule has 2 heterocycles. The van der Waals surface area contributed by atoms with E-state index in [0.29, 0.717) is 5.69 Å². The van der Waals surface area contributed by atoms with Gasteiger partial charge in [-0.2, -0.15) is 5.26 Å². The fourth-order valence-corrected chi connectivity index (χ4v) is 2.27. The van der Waals surface area contributed by atoms with Gasteiger partial charge >= 0.3 is 0 Å². The number of benzene rings is 1. The van der Waals surface area contributed by atoms with Crippen molar-refractivity contribution in [2.24, 2.45) is 0 Å². The van der Waals surface area contributed by atoms with Gasteiger partial charge < -0.3 is 14.9 Å². The molecule has 3 aromatic rings. The first-order chi connectivity index (χ1) is 14.0. The number of aliphatic hydroxyl groups is 1. The molecule has 3 N–H and O–H groups in total. The number of hydrogen-bond acceptors (Lipinski definition) is 8. The first-order valence-corrected chi connectivity index (χ1v) is 8.24. The van der Waals surface area contributed by atoms with E-state index >= 15 is 0 Å². The van der Waals surface area contributed by atoms with E-state index in [4.69, 9.17) is 4.52 Å². The van der Waals surface area contributed by atoms with Crippen LogP contribution in [0.4, 0.5) is 11.6 Å². The summed E-state index contributed by atoms with van der Waals surface area (Å²) in [7, 11) is 0. The Morgan fingerprint density at radius 1 is 1.10 bits per heavy atom. The Morgan fingerprint density at radius 3 is 2.38 bits per heavy atom. The molecule has 0 spiro atoms. The quantitative estimate of drug-likeness (QED) is 0.341. The molecule has 0 atom stereocenters. The van der Waals surface area contributed by atoms with E-state index in [9.17, 15) is 20.0 Å². The number of carbonyl (C=O) groups is 2. The Labute approximate surface area is 164 Å². The lowest BCUT2D eigenvalue weighted by Crippen LogP contribution is -2.18. The summed E-state index contributed by atoms with van der Waals surface area (Å²) in [4.78, 5) is 32.2. The van der Waals surface area contributed by atoms with Crippen molar-refractivity contribution in [2.75, 3.05) is 10.6 Å². The molecule has 2 aromatic heterocycles. The van der Waals surface area contributed by atoms with E-state index in [1.54, 1.807) is 30.3 Å². The molecule has 0 aliphatic carbocycles. The van der Waals surface area contributed by atoms with Gasteiger partial charge in [-0.3, -0.25) is 14.9 Å². The smallest absolute Gasteiger partial charge is 0.272 e. The third-order valence-electron chi connectivity index (χ3n) is 3.75. The second kappa shape index (κ2) is 8.45. The monoisotopic (exact) mass is 390 g/mol. The topological polar surface area (TPSA) is 154 Å². The van der Waals surface area contributed by atoms with E-state index in [1.807, 2.05) is 6.07 Å². The van der Waals surface area contributed by atoms with Crippen LogP contribution in [0.5, 0.6) is 0 Å². The fraction of sp³-hybridized carbons (Fsp3) is 0.0526. The summed E-state index contributed by atoms with van der Waals surface area (Å²) in [5, 5.41) is 27.8. The minimum Gasteiger partial charge on any atom is -0.506 e. The summed E-state index contributed by atoms with van der Waals surface area (Å²) in [6.07, 6.45) is 3.63. The van der Waals surface area contributed by atoms with Gasteiger partial charge in [-0.1, -0.05) is 23.4 Å². The molecule has 0 aliphatic heterocycles. The Balaban J connectivity index is 1.72. The number of carbonyl (C=O) groups excluding carboxylic acids is 2. The highest BCUT2D eigenvalue weighted by molar-refractivity contribution is 6.10. The molecule has 1 aromatic carbocycles. The summed E-state index contributed by atoms with van der Waals surface area (Å²) in [6, 6.07) is 10.5. The molecule has 0 fully saturated rings. The van der Waals surface area contributed by atoms with Crippen LogP contribution in [0.1, 0.15) is 21.7 Å². The second-order valence-corrected chi connectivity index (χ2v) is 5.70. The number of rotatable bonds is 5. The van der Waals surface area contributed by atoms with Crippen molar-refractivity contribution in [3.05, 3.63) is 71.4 Å². The number of nitrogens with one attached hydrogen (secondary N) is 2. The van der Waals surface area contributed by atoms with Crippen LogP contribution in [0.15, 0.2) is 59.0 Å². The molecule has 29 heavy (non-hydrogen) atoms. The number of nitrogens with zero attached hydrogens (tertiary/aromatic N) is 4.